The predicted molar refractivity (Wildman–Crippen MR) is 106 cm³/mol. The number of fused-ring (bicyclic) bond motifs is 1. The lowest BCUT2D eigenvalue weighted by Gasteiger charge is -2.22. The Kier molecular flexibility index (Phi) is 4.34. The minimum absolute atomic E-state index is 0.137. The van der Waals surface area contributed by atoms with E-state index < -0.39 is 0 Å². The molecule has 4 rings (SSSR count). The SMILES string of the molecule is Cc1ccc2ccc([C@@H](Nc3ccccn3)c3ccc(O)cc3)c(O)c2n1. The Balaban J connectivity index is 1.86. The molecule has 0 aliphatic heterocycles. The van der Waals surface area contributed by atoms with Crippen molar-refractivity contribution >= 4 is 16.7 Å². The molecule has 0 unspecified atom stereocenters. The normalized spacial score (nSPS) is 12.0. The molecule has 0 amide bonds. The Morgan fingerprint density at radius 3 is 2.41 bits per heavy atom. The Labute approximate surface area is 157 Å². The number of aromatic nitrogens is 2. The van der Waals surface area contributed by atoms with E-state index in [4.69, 9.17) is 0 Å². The highest BCUT2D eigenvalue weighted by molar-refractivity contribution is 5.86. The van der Waals surface area contributed by atoms with E-state index in [-0.39, 0.29) is 17.5 Å². The van der Waals surface area contributed by atoms with Gasteiger partial charge in [0, 0.05) is 22.8 Å². The molecule has 0 spiro atoms. The highest BCUT2D eigenvalue weighted by Gasteiger charge is 2.20. The van der Waals surface area contributed by atoms with Crippen LogP contribution in [-0.4, -0.2) is 20.2 Å². The number of nitrogens with one attached hydrogen (secondary N) is 1. The quantitative estimate of drug-likeness (QED) is 0.499. The van der Waals surface area contributed by atoms with Crippen molar-refractivity contribution in [3.63, 3.8) is 0 Å². The molecule has 0 radical (unpaired) electrons. The lowest BCUT2D eigenvalue weighted by Crippen LogP contribution is -2.13. The third kappa shape index (κ3) is 3.40. The lowest BCUT2D eigenvalue weighted by atomic mass is 9.96. The molecule has 134 valence electrons. The van der Waals surface area contributed by atoms with E-state index in [0.717, 1.165) is 16.6 Å². The van der Waals surface area contributed by atoms with E-state index in [1.807, 2.05) is 61.5 Å². The first-order valence-corrected chi connectivity index (χ1v) is 8.67. The zero-order valence-corrected chi connectivity index (χ0v) is 14.8. The van der Waals surface area contributed by atoms with Crippen molar-refractivity contribution in [1.29, 1.82) is 0 Å². The van der Waals surface area contributed by atoms with Crippen LogP contribution in [0.1, 0.15) is 22.9 Å². The Morgan fingerprint density at radius 2 is 1.67 bits per heavy atom. The molecule has 2 aromatic heterocycles. The van der Waals surface area contributed by atoms with E-state index in [2.05, 4.69) is 15.3 Å². The van der Waals surface area contributed by atoms with Crippen LogP contribution in [0.4, 0.5) is 5.82 Å². The fraction of sp³-hybridized carbons (Fsp3) is 0.0909. The van der Waals surface area contributed by atoms with Gasteiger partial charge < -0.3 is 15.5 Å². The minimum Gasteiger partial charge on any atom is -0.508 e. The summed E-state index contributed by atoms with van der Waals surface area (Å²) < 4.78 is 0. The predicted octanol–water partition coefficient (Wildman–Crippen LogP) is 4.55. The van der Waals surface area contributed by atoms with Gasteiger partial charge in [-0.15, -0.1) is 0 Å². The van der Waals surface area contributed by atoms with Gasteiger partial charge in [0.05, 0.1) is 6.04 Å². The van der Waals surface area contributed by atoms with Crippen molar-refractivity contribution in [2.75, 3.05) is 5.32 Å². The lowest BCUT2D eigenvalue weighted by molar-refractivity contribution is 0.471. The number of pyridine rings is 2. The van der Waals surface area contributed by atoms with Gasteiger partial charge in [0.25, 0.3) is 0 Å². The molecule has 2 aromatic carbocycles. The maximum atomic E-state index is 11.0. The van der Waals surface area contributed by atoms with Crippen molar-refractivity contribution in [3.8, 4) is 11.5 Å². The molecule has 0 bridgehead atoms. The van der Waals surface area contributed by atoms with Crippen molar-refractivity contribution in [3.05, 3.63) is 89.7 Å². The summed E-state index contributed by atoms with van der Waals surface area (Å²) in [5.41, 5.74) is 2.99. The second kappa shape index (κ2) is 6.96. The van der Waals surface area contributed by atoms with E-state index >= 15 is 0 Å². The average Bonchev–Trinajstić information content (AvgIpc) is 2.69. The third-order valence-corrected chi connectivity index (χ3v) is 4.50. The molecule has 27 heavy (non-hydrogen) atoms. The first-order chi connectivity index (χ1) is 13.1. The molecule has 0 aliphatic rings. The van der Waals surface area contributed by atoms with Crippen molar-refractivity contribution in [1.82, 2.24) is 9.97 Å². The zero-order chi connectivity index (χ0) is 18.8. The number of hydrogen-bond donors (Lipinski definition) is 3. The number of phenols is 2. The minimum atomic E-state index is -0.354. The molecule has 0 saturated carbocycles. The van der Waals surface area contributed by atoms with E-state index in [0.29, 0.717) is 16.9 Å². The molecule has 3 N–H and O–H groups in total. The Morgan fingerprint density at radius 1 is 0.889 bits per heavy atom. The number of aromatic hydroxyl groups is 2. The summed E-state index contributed by atoms with van der Waals surface area (Å²) >= 11 is 0. The van der Waals surface area contributed by atoms with Crippen LogP contribution in [0.25, 0.3) is 10.9 Å². The molecule has 2 heterocycles. The van der Waals surface area contributed by atoms with Crippen LogP contribution in [0.3, 0.4) is 0 Å². The highest BCUT2D eigenvalue weighted by Crippen LogP contribution is 2.36. The number of rotatable bonds is 4. The van der Waals surface area contributed by atoms with Crippen LogP contribution < -0.4 is 5.32 Å². The monoisotopic (exact) mass is 357 g/mol. The first kappa shape index (κ1) is 16.8. The summed E-state index contributed by atoms with van der Waals surface area (Å²) in [6.07, 6.45) is 1.71. The fourth-order valence-electron chi connectivity index (χ4n) is 3.12. The summed E-state index contributed by atoms with van der Waals surface area (Å²) in [7, 11) is 0. The summed E-state index contributed by atoms with van der Waals surface area (Å²) in [5.74, 6) is 1.01. The van der Waals surface area contributed by atoms with Crippen LogP contribution in [-0.2, 0) is 0 Å². The van der Waals surface area contributed by atoms with Crippen molar-refractivity contribution in [2.24, 2.45) is 0 Å². The molecular formula is C22H19N3O2. The Bertz CT molecular complexity index is 1080. The molecule has 5 nitrogen and oxygen atoms in total. The fourth-order valence-corrected chi connectivity index (χ4v) is 3.12. The van der Waals surface area contributed by atoms with Gasteiger partial charge in [0.15, 0.2) is 0 Å². The second-order valence-electron chi connectivity index (χ2n) is 6.41. The van der Waals surface area contributed by atoms with Gasteiger partial charge in [-0.3, -0.25) is 0 Å². The van der Waals surface area contributed by atoms with Crippen molar-refractivity contribution < 1.29 is 10.2 Å². The maximum absolute atomic E-state index is 11.0. The molecule has 1 atom stereocenters. The van der Waals surface area contributed by atoms with E-state index in [1.165, 1.54) is 0 Å². The molecule has 5 heteroatoms. The van der Waals surface area contributed by atoms with Crippen LogP contribution in [0.5, 0.6) is 11.5 Å². The molecular weight excluding hydrogens is 338 g/mol. The largest absolute Gasteiger partial charge is 0.508 e. The van der Waals surface area contributed by atoms with Gasteiger partial charge >= 0.3 is 0 Å². The van der Waals surface area contributed by atoms with Crippen LogP contribution in [0.2, 0.25) is 0 Å². The zero-order valence-electron chi connectivity index (χ0n) is 14.8. The number of nitrogens with zero attached hydrogens (tertiary/aromatic N) is 2. The van der Waals surface area contributed by atoms with Crippen LogP contribution in [0, 0.1) is 6.92 Å². The standard InChI is InChI=1S/C22H19N3O2/c1-14-5-6-16-9-12-18(22(27)21(16)24-14)20(15-7-10-17(26)11-8-15)25-19-4-2-3-13-23-19/h2-13,20,26-27H,1H3,(H,23,25)/t20-/m0/s1. The maximum Gasteiger partial charge on any atom is 0.147 e. The smallest absolute Gasteiger partial charge is 0.147 e. The number of phenolic OH excluding ortho intramolecular Hbond substituents is 2. The molecule has 4 aromatic rings. The number of benzene rings is 2. The van der Waals surface area contributed by atoms with Gasteiger partial charge in [0.2, 0.25) is 0 Å². The topological polar surface area (TPSA) is 78.3 Å². The van der Waals surface area contributed by atoms with E-state index in [1.54, 1.807) is 18.3 Å². The third-order valence-electron chi connectivity index (χ3n) is 4.50. The summed E-state index contributed by atoms with van der Waals surface area (Å²) in [5, 5.41) is 24.8. The molecule has 0 fully saturated rings. The highest BCUT2D eigenvalue weighted by atomic mass is 16.3. The summed E-state index contributed by atoms with van der Waals surface area (Å²) in [6.45, 7) is 1.90. The summed E-state index contributed by atoms with van der Waals surface area (Å²) in [4.78, 5) is 8.84. The summed E-state index contributed by atoms with van der Waals surface area (Å²) in [6, 6.07) is 19.9. The van der Waals surface area contributed by atoms with Gasteiger partial charge in [-0.05, 0) is 42.8 Å². The van der Waals surface area contributed by atoms with Gasteiger partial charge in [-0.2, -0.15) is 0 Å². The van der Waals surface area contributed by atoms with E-state index in [9.17, 15) is 10.2 Å². The van der Waals surface area contributed by atoms with Gasteiger partial charge in [-0.1, -0.05) is 36.4 Å². The molecule has 0 aliphatic carbocycles. The Hall–Kier alpha value is -3.60. The number of aryl methyl sites for hydroxylation is 1. The van der Waals surface area contributed by atoms with Crippen LogP contribution >= 0.6 is 0 Å². The average molecular weight is 357 g/mol. The second-order valence-corrected chi connectivity index (χ2v) is 6.41. The van der Waals surface area contributed by atoms with Gasteiger partial charge in [0.1, 0.15) is 22.8 Å². The van der Waals surface area contributed by atoms with Crippen molar-refractivity contribution in [2.45, 2.75) is 13.0 Å². The number of anilines is 1. The van der Waals surface area contributed by atoms with Crippen LogP contribution in [0.15, 0.2) is 72.9 Å². The number of hydrogen-bond acceptors (Lipinski definition) is 5. The first-order valence-electron chi connectivity index (χ1n) is 8.67. The molecule has 0 saturated heterocycles. The van der Waals surface area contributed by atoms with Gasteiger partial charge in [-0.25, -0.2) is 9.97 Å².